The van der Waals surface area contributed by atoms with Crippen LogP contribution in [0.1, 0.15) is 39.5 Å². The van der Waals surface area contributed by atoms with Crippen LogP contribution in [0.4, 0.5) is 0 Å². The fourth-order valence-corrected chi connectivity index (χ4v) is 4.10. The molecule has 0 aliphatic rings. The van der Waals surface area contributed by atoms with Gasteiger partial charge in [-0.1, -0.05) is 68.9 Å². The molecule has 0 rings (SSSR count). The Hall–Kier alpha value is 0.247. The van der Waals surface area contributed by atoms with Crippen molar-refractivity contribution in [2.75, 3.05) is 0 Å². The van der Waals surface area contributed by atoms with E-state index >= 15 is 0 Å². The Kier molecular flexibility index (Phi) is 9.53. The van der Waals surface area contributed by atoms with E-state index in [1.165, 1.54) is 37.8 Å². The summed E-state index contributed by atoms with van der Waals surface area (Å²) in [5, 5.41) is 0. The zero-order valence-electron chi connectivity index (χ0n) is 8.28. The van der Waals surface area contributed by atoms with Gasteiger partial charge in [0.25, 0.3) is 0 Å². The van der Waals surface area contributed by atoms with Crippen LogP contribution in [0.25, 0.3) is 0 Å². The number of hydrogen-bond acceptors (Lipinski definition) is 0. The maximum atomic E-state index is 5.60. The molecule has 0 amide bonds. The van der Waals surface area contributed by atoms with Gasteiger partial charge in [-0.3, -0.25) is 0 Å². The summed E-state index contributed by atoms with van der Waals surface area (Å²) >= 11 is 5.60. The molecule has 0 bridgehead atoms. The lowest BCUT2D eigenvalue weighted by molar-refractivity contribution is 0.845. The van der Waals surface area contributed by atoms with Crippen LogP contribution in [0.5, 0.6) is 0 Å². The molecule has 0 heterocycles. The molecule has 0 aromatic heterocycles. The average molecular weight is 204 g/mol. The first-order valence-electron chi connectivity index (χ1n) is 4.96. The summed E-state index contributed by atoms with van der Waals surface area (Å²) in [5.74, 6) is 0. The lowest BCUT2D eigenvalue weighted by Crippen LogP contribution is -2.07. The van der Waals surface area contributed by atoms with E-state index in [2.05, 4.69) is 19.5 Å². The molecule has 0 spiro atoms. The monoisotopic (exact) mass is 203 g/mol. The van der Waals surface area contributed by atoms with Gasteiger partial charge in [0.2, 0.25) is 0 Å². The van der Waals surface area contributed by atoms with Crippen molar-refractivity contribution in [3.05, 3.63) is 11.2 Å². The van der Waals surface area contributed by atoms with Crippen molar-refractivity contribution < 1.29 is 0 Å². The van der Waals surface area contributed by atoms with Crippen LogP contribution in [0, 0.1) is 0 Å². The van der Waals surface area contributed by atoms with E-state index in [1.807, 2.05) is 0 Å². The summed E-state index contributed by atoms with van der Waals surface area (Å²) in [6.07, 6.45) is 5.38. The molecule has 0 fully saturated rings. The molecule has 0 atom stereocenters. The molecule has 0 unspecified atom stereocenters. The molecule has 71 valence electrons. The van der Waals surface area contributed by atoms with E-state index in [1.54, 1.807) is 5.54 Å². The van der Waals surface area contributed by atoms with Crippen LogP contribution < -0.4 is 0 Å². The van der Waals surface area contributed by atoms with Crippen LogP contribution in [0.3, 0.4) is 0 Å². The maximum Gasteiger partial charge on any atom is 0.0769 e. The first kappa shape index (κ1) is 12.2. The highest BCUT2D eigenvalue weighted by molar-refractivity contribution is 6.65. The summed E-state index contributed by atoms with van der Waals surface area (Å²) in [5.41, 5.74) is 3.97. The molecule has 0 aliphatic heterocycles. The van der Waals surface area contributed by atoms with Crippen LogP contribution in [-0.4, -0.2) is 8.80 Å². The van der Waals surface area contributed by atoms with E-state index in [4.69, 9.17) is 11.6 Å². The van der Waals surface area contributed by atoms with Crippen molar-refractivity contribution in [2.24, 2.45) is 0 Å². The highest BCUT2D eigenvalue weighted by atomic mass is 35.5. The molecule has 2 heteroatoms. The first-order valence-corrected chi connectivity index (χ1v) is 7.39. The third-order valence-corrected chi connectivity index (χ3v) is 4.97. The van der Waals surface area contributed by atoms with Gasteiger partial charge in [-0.05, 0) is 5.54 Å². The molecule has 12 heavy (non-hydrogen) atoms. The van der Waals surface area contributed by atoms with Gasteiger partial charge in [-0.15, -0.1) is 0 Å². The minimum atomic E-state index is -0.233. The van der Waals surface area contributed by atoms with Crippen molar-refractivity contribution in [3.63, 3.8) is 0 Å². The molecule has 0 aromatic rings. The number of rotatable bonds is 7. The van der Waals surface area contributed by atoms with E-state index in [-0.39, 0.29) is 8.80 Å². The lowest BCUT2D eigenvalue weighted by Gasteiger charge is -2.07. The average Bonchev–Trinajstić information content (AvgIpc) is 2.10. The fraction of sp³-hybridized carbons (Fsp3) is 0.800. The quantitative estimate of drug-likeness (QED) is 0.539. The van der Waals surface area contributed by atoms with Gasteiger partial charge in [-0.2, -0.15) is 0 Å². The third-order valence-electron chi connectivity index (χ3n) is 2.00. The standard InChI is InChI=1S/C10H20ClSi/c1-3-5-8-12(10-7-11)9-6-4-2/h7,10H,3-6,8-9H2,1-2H3/b10-7+. The molecular weight excluding hydrogens is 184 g/mol. The first-order chi connectivity index (χ1) is 5.85. The summed E-state index contributed by atoms with van der Waals surface area (Å²) in [7, 11) is -0.233. The summed E-state index contributed by atoms with van der Waals surface area (Å²) < 4.78 is 0. The van der Waals surface area contributed by atoms with Gasteiger partial charge in [0.1, 0.15) is 0 Å². The molecule has 0 saturated carbocycles. The molecule has 1 radical (unpaired) electrons. The number of halogens is 1. The second-order valence-electron chi connectivity index (χ2n) is 3.16. The maximum absolute atomic E-state index is 5.60. The van der Waals surface area contributed by atoms with Crippen LogP contribution in [0.15, 0.2) is 11.2 Å². The van der Waals surface area contributed by atoms with Crippen LogP contribution >= 0.6 is 11.6 Å². The summed E-state index contributed by atoms with van der Waals surface area (Å²) in [6.45, 7) is 4.51. The van der Waals surface area contributed by atoms with Crippen molar-refractivity contribution >= 4 is 20.4 Å². The molecular formula is C10H20ClSi. The second kappa shape index (κ2) is 9.34. The Labute approximate surface area is 83.6 Å². The largest absolute Gasteiger partial charge is 0.0937 e. The highest BCUT2D eigenvalue weighted by Crippen LogP contribution is 2.11. The topological polar surface area (TPSA) is 0 Å². The highest BCUT2D eigenvalue weighted by Gasteiger charge is 2.05. The van der Waals surface area contributed by atoms with Gasteiger partial charge >= 0.3 is 0 Å². The van der Waals surface area contributed by atoms with Crippen LogP contribution in [-0.2, 0) is 0 Å². The molecule has 0 N–H and O–H groups in total. The van der Waals surface area contributed by atoms with Crippen molar-refractivity contribution in [2.45, 2.75) is 51.6 Å². The Morgan fingerprint density at radius 1 is 1.08 bits per heavy atom. The minimum Gasteiger partial charge on any atom is -0.0937 e. The van der Waals surface area contributed by atoms with E-state index < -0.39 is 0 Å². The Bertz CT molecular complexity index is 104. The molecule has 0 aliphatic carbocycles. The van der Waals surface area contributed by atoms with Gasteiger partial charge in [0, 0.05) is 0 Å². The Morgan fingerprint density at radius 3 is 1.92 bits per heavy atom. The predicted octanol–water partition coefficient (Wildman–Crippen LogP) is 4.37. The normalized spacial score (nSPS) is 11.7. The lowest BCUT2D eigenvalue weighted by atomic mass is 10.4. The predicted molar refractivity (Wildman–Crippen MR) is 60.2 cm³/mol. The molecule has 0 nitrogen and oxygen atoms in total. The van der Waals surface area contributed by atoms with Crippen molar-refractivity contribution in [3.8, 4) is 0 Å². The number of hydrogen-bond donors (Lipinski definition) is 0. The summed E-state index contributed by atoms with van der Waals surface area (Å²) in [6, 6.07) is 2.81. The zero-order valence-corrected chi connectivity index (χ0v) is 10.0. The van der Waals surface area contributed by atoms with Crippen molar-refractivity contribution in [1.29, 1.82) is 0 Å². The Balaban J connectivity index is 3.54. The van der Waals surface area contributed by atoms with Crippen LogP contribution in [0.2, 0.25) is 12.1 Å². The Morgan fingerprint density at radius 2 is 1.58 bits per heavy atom. The van der Waals surface area contributed by atoms with Gasteiger partial charge in [0.15, 0.2) is 0 Å². The van der Waals surface area contributed by atoms with E-state index in [0.717, 1.165) is 0 Å². The SMILES string of the molecule is CCCC[Si](/C=C/Cl)CCCC. The number of unbranched alkanes of at least 4 members (excludes halogenated alkanes) is 2. The molecule has 0 saturated heterocycles. The minimum absolute atomic E-state index is 0.233. The van der Waals surface area contributed by atoms with E-state index in [0.29, 0.717) is 0 Å². The second-order valence-corrected chi connectivity index (χ2v) is 6.06. The van der Waals surface area contributed by atoms with Gasteiger partial charge < -0.3 is 0 Å². The fourth-order valence-electron chi connectivity index (χ4n) is 1.19. The van der Waals surface area contributed by atoms with Crippen molar-refractivity contribution in [1.82, 2.24) is 0 Å². The zero-order chi connectivity index (χ0) is 9.23. The smallest absolute Gasteiger partial charge is 0.0769 e. The van der Waals surface area contributed by atoms with Gasteiger partial charge in [0.05, 0.1) is 8.80 Å². The molecule has 0 aromatic carbocycles. The third kappa shape index (κ3) is 6.93. The van der Waals surface area contributed by atoms with E-state index in [9.17, 15) is 0 Å². The van der Waals surface area contributed by atoms with Gasteiger partial charge in [-0.25, -0.2) is 0 Å². The summed E-state index contributed by atoms with van der Waals surface area (Å²) in [4.78, 5) is 0.